The zero-order valence-corrected chi connectivity index (χ0v) is 16.0. The van der Waals surface area contributed by atoms with E-state index in [-0.39, 0.29) is 5.91 Å². The molecule has 0 bridgehead atoms. The molecule has 1 aromatic heterocycles. The van der Waals surface area contributed by atoms with Gasteiger partial charge >= 0.3 is 6.03 Å². The fourth-order valence-corrected chi connectivity index (χ4v) is 3.97. The van der Waals surface area contributed by atoms with Gasteiger partial charge in [-0.1, -0.05) is 53.8 Å². The third-order valence-electron chi connectivity index (χ3n) is 4.31. The van der Waals surface area contributed by atoms with Crippen LogP contribution in [0.4, 0.5) is 15.6 Å². The van der Waals surface area contributed by atoms with Crippen molar-refractivity contribution in [1.29, 1.82) is 0 Å². The molecule has 0 fully saturated rings. The number of nitrogens with zero attached hydrogens (tertiary/aromatic N) is 2. The van der Waals surface area contributed by atoms with Crippen LogP contribution in [0, 0.1) is 0 Å². The minimum atomic E-state index is -0.439. The molecule has 3 amide bonds. The first-order valence-corrected chi connectivity index (χ1v) is 9.49. The van der Waals surface area contributed by atoms with Crippen molar-refractivity contribution in [1.82, 2.24) is 9.88 Å². The van der Waals surface area contributed by atoms with Crippen molar-refractivity contribution in [3.05, 3.63) is 70.7 Å². The van der Waals surface area contributed by atoms with Crippen LogP contribution in [-0.2, 0) is 13.1 Å². The quantitative estimate of drug-likeness (QED) is 0.686. The van der Waals surface area contributed by atoms with E-state index in [1.807, 2.05) is 36.4 Å². The van der Waals surface area contributed by atoms with E-state index < -0.39 is 6.03 Å². The van der Waals surface area contributed by atoms with E-state index in [0.717, 1.165) is 10.4 Å². The van der Waals surface area contributed by atoms with Gasteiger partial charge in [-0.05, 0) is 17.7 Å². The second-order valence-corrected chi connectivity index (χ2v) is 7.30. The fourth-order valence-electron chi connectivity index (χ4n) is 3.00. The molecule has 2 N–H and O–H groups in total. The molecule has 0 atom stereocenters. The molecule has 0 unspecified atom stereocenters. The van der Waals surface area contributed by atoms with Gasteiger partial charge in [0.15, 0.2) is 5.13 Å². The number of hydrogen-bond acceptors (Lipinski definition) is 5. The van der Waals surface area contributed by atoms with E-state index in [2.05, 4.69) is 15.6 Å². The lowest BCUT2D eigenvalue weighted by Crippen LogP contribution is -2.24. The molecule has 0 aliphatic carbocycles. The van der Waals surface area contributed by atoms with E-state index in [0.29, 0.717) is 35.4 Å². The standard InChI is InChI=1S/C20H18N4O3S/c1-27-15-10-6-5-9-14(15)21-19(26)23-20-22-17-16(28-20)12-24(18(17)25)11-13-7-3-2-4-8-13/h2-10H,11-12H2,1H3,(H2,21,22,23,26). The summed E-state index contributed by atoms with van der Waals surface area (Å²) in [5, 5.41) is 5.80. The molecule has 142 valence electrons. The number of para-hydroxylation sites is 2. The van der Waals surface area contributed by atoms with Crippen LogP contribution >= 0.6 is 11.3 Å². The first-order chi connectivity index (χ1) is 13.6. The highest BCUT2D eigenvalue weighted by molar-refractivity contribution is 7.16. The van der Waals surface area contributed by atoms with Crippen LogP contribution in [0.3, 0.4) is 0 Å². The van der Waals surface area contributed by atoms with Crippen LogP contribution in [0.25, 0.3) is 0 Å². The number of methoxy groups -OCH3 is 1. The second-order valence-electron chi connectivity index (χ2n) is 6.22. The third kappa shape index (κ3) is 3.67. The van der Waals surface area contributed by atoms with Crippen molar-refractivity contribution in [2.24, 2.45) is 0 Å². The van der Waals surface area contributed by atoms with Gasteiger partial charge in [-0.25, -0.2) is 9.78 Å². The highest BCUT2D eigenvalue weighted by atomic mass is 32.1. The number of carbonyl (C=O) groups is 2. The summed E-state index contributed by atoms with van der Waals surface area (Å²) in [4.78, 5) is 31.8. The number of fused-ring (bicyclic) bond motifs is 1. The smallest absolute Gasteiger partial charge is 0.325 e. The lowest BCUT2D eigenvalue weighted by Gasteiger charge is -2.15. The second kappa shape index (κ2) is 7.69. The van der Waals surface area contributed by atoms with Crippen molar-refractivity contribution in [3.8, 4) is 5.75 Å². The van der Waals surface area contributed by atoms with Gasteiger partial charge in [0.2, 0.25) is 0 Å². The zero-order chi connectivity index (χ0) is 19.5. The predicted octanol–water partition coefficient (Wildman–Crippen LogP) is 3.95. The van der Waals surface area contributed by atoms with E-state index in [1.54, 1.807) is 23.1 Å². The van der Waals surface area contributed by atoms with Crippen molar-refractivity contribution in [2.75, 3.05) is 17.7 Å². The van der Waals surface area contributed by atoms with Gasteiger partial charge in [-0.15, -0.1) is 0 Å². The molecule has 28 heavy (non-hydrogen) atoms. The van der Waals surface area contributed by atoms with Gasteiger partial charge in [0.1, 0.15) is 11.4 Å². The summed E-state index contributed by atoms with van der Waals surface area (Å²) in [7, 11) is 1.54. The van der Waals surface area contributed by atoms with E-state index in [9.17, 15) is 9.59 Å². The number of anilines is 2. The maximum atomic E-state index is 12.6. The van der Waals surface area contributed by atoms with Crippen LogP contribution in [0.5, 0.6) is 5.75 Å². The molecule has 0 saturated heterocycles. The predicted molar refractivity (Wildman–Crippen MR) is 108 cm³/mol. The van der Waals surface area contributed by atoms with Gasteiger partial charge in [-0.3, -0.25) is 10.1 Å². The average molecular weight is 394 g/mol. The topological polar surface area (TPSA) is 83.6 Å². The molecule has 8 heteroatoms. The van der Waals surface area contributed by atoms with Crippen LogP contribution in [0.2, 0.25) is 0 Å². The van der Waals surface area contributed by atoms with Crippen LogP contribution in [0.1, 0.15) is 20.9 Å². The van der Waals surface area contributed by atoms with Crippen molar-refractivity contribution in [2.45, 2.75) is 13.1 Å². The normalized spacial score (nSPS) is 12.6. The van der Waals surface area contributed by atoms with Crippen molar-refractivity contribution >= 4 is 34.1 Å². The monoisotopic (exact) mass is 394 g/mol. The Kier molecular flexibility index (Phi) is 4.94. The maximum absolute atomic E-state index is 12.6. The number of aromatic nitrogens is 1. The number of thiazole rings is 1. The minimum Gasteiger partial charge on any atom is -0.495 e. The Hall–Kier alpha value is -3.39. The number of amides is 3. The molecule has 0 radical (unpaired) electrons. The summed E-state index contributed by atoms with van der Waals surface area (Å²) >= 11 is 1.31. The van der Waals surface area contributed by atoms with Gasteiger partial charge in [0.05, 0.1) is 24.2 Å². The molecule has 0 spiro atoms. The molecule has 3 aromatic rings. The van der Waals surface area contributed by atoms with E-state index >= 15 is 0 Å². The largest absolute Gasteiger partial charge is 0.495 e. The summed E-state index contributed by atoms with van der Waals surface area (Å²) in [6.45, 7) is 1.04. The number of ether oxygens (including phenoxy) is 1. The van der Waals surface area contributed by atoms with Gasteiger partial charge in [-0.2, -0.15) is 0 Å². The lowest BCUT2D eigenvalue weighted by molar-refractivity contribution is 0.0762. The number of nitrogens with one attached hydrogen (secondary N) is 2. The first-order valence-electron chi connectivity index (χ1n) is 8.68. The Morgan fingerprint density at radius 3 is 2.64 bits per heavy atom. The zero-order valence-electron chi connectivity index (χ0n) is 15.1. The molecule has 0 saturated carbocycles. The van der Waals surface area contributed by atoms with Gasteiger partial charge in [0, 0.05) is 6.54 Å². The maximum Gasteiger partial charge on any atom is 0.325 e. The molecule has 2 aromatic carbocycles. The summed E-state index contributed by atoms with van der Waals surface area (Å²) in [6.07, 6.45) is 0. The SMILES string of the molecule is COc1ccccc1NC(=O)Nc1nc2c(s1)CN(Cc1ccccc1)C2=O. The van der Waals surface area contributed by atoms with E-state index in [4.69, 9.17) is 4.74 Å². The van der Waals surface area contributed by atoms with Gasteiger partial charge < -0.3 is 15.0 Å². The highest BCUT2D eigenvalue weighted by Gasteiger charge is 2.32. The third-order valence-corrected chi connectivity index (χ3v) is 5.27. The minimum absolute atomic E-state index is 0.117. The number of carbonyl (C=O) groups excluding carboxylic acids is 2. The molecular formula is C20H18N4O3S. The Labute approximate surface area is 166 Å². The number of urea groups is 1. The molecule has 4 rings (SSSR count). The van der Waals surface area contributed by atoms with Crippen LogP contribution < -0.4 is 15.4 Å². The summed E-state index contributed by atoms with van der Waals surface area (Å²) in [5.41, 5.74) is 2.03. The number of hydrogen-bond donors (Lipinski definition) is 2. The molecule has 1 aliphatic heterocycles. The average Bonchev–Trinajstić information content (AvgIpc) is 3.21. The summed E-state index contributed by atoms with van der Waals surface area (Å²) in [5.74, 6) is 0.444. The summed E-state index contributed by atoms with van der Waals surface area (Å²) < 4.78 is 5.22. The van der Waals surface area contributed by atoms with E-state index in [1.165, 1.54) is 18.4 Å². The fraction of sp³-hybridized carbons (Fsp3) is 0.150. The molecule has 2 heterocycles. The van der Waals surface area contributed by atoms with Crippen molar-refractivity contribution < 1.29 is 14.3 Å². The van der Waals surface area contributed by atoms with Gasteiger partial charge in [0.25, 0.3) is 5.91 Å². The molecule has 7 nitrogen and oxygen atoms in total. The van der Waals surface area contributed by atoms with Crippen LogP contribution in [0.15, 0.2) is 54.6 Å². The summed E-state index contributed by atoms with van der Waals surface area (Å²) in [6, 6.07) is 16.5. The number of rotatable bonds is 5. The van der Waals surface area contributed by atoms with Crippen molar-refractivity contribution in [3.63, 3.8) is 0 Å². The highest BCUT2D eigenvalue weighted by Crippen LogP contribution is 2.32. The molecule has 1 aliphatic rings. The number of benzene rings is 2. The Balaban J connectivity index is 1.40. The Morgan fingerprint density at radius 2 is 1.89 bits per heavy atom. The Morgan fingerprint density at radius 1 is 1.14 bits per heavy atom. The first kappa shape index (κ1) is 18.0. The van der Waals surface area contributed by atoms with Crippen LogP contribution in [-0.4, -0.2) is 28.9 Å². The Bertz CT molecular complexity index is 1020. The lowest BCUT2D eigenvalue weighted by atomic mass is 10.2. The molecular weight excluding hydrogens is 376 g/mol.